The SMILES string of the molecule is CCc1ccc(C(N)Cc2ccc(Br)cc2Cl)cc1. The lowest BCUT2D eigenvalue weighted by atomic mass is 9.98. The lowest BCUT2D eigenvalue weighted by molar-refractivity contribution is 0.721. The average molecular weight is 339 g/mol. The van der Waals surface area contributed by atoms with Crippen LogP contribution in [0, 0.1) is 0 Å². The predicted octanol–water partition coefficient (Wildman–Crippen LogP) is 4.91. The van der Waals surface area contributed by atoms with Gasteiger partial charge in [0.15, 0.2) is 0 Å². The van der Waals surface area contributed by atoms with Gasteiger partial charge in [-0.05, 0) is 41.7 Å². The molecule has 0 heterocycles. The monoisotopic (exact) mass is 337 g/mol. The molecule has 3 heteroatoms. The molecular formula is C16H17BrClN. The van der Waals surface area contributed by atoms with Crippen molar-refractivity contribution < 1.29 is 0 Å². The van der Waals surface area contributed by atoms with E-state index in [2.05, 4.69) is 47.1 Å². The van der Waals surface area contributed by atoms with Crippen LogP contribution in [0.4, 0.5) is 0 Å². The van der Waals surface area contributed by atoms with Crippen LogP contribution in [0.2, 0.25) is 5.02 Å². The van der Waals surface area contributed by atoms with Crippen LogP contribution in [0.25, 0.3) is 0 Å². The van der Waals surface area contributed by atoms with Gasteiger partial charge in [0.25, 0.3) is 0 Å². The Morgan fingerprint density at radius 2 is 1.84 bits per heavy atom. The molecule has 1 atom stereocenters. The maximum Gasteiger partial charge on any atom is 0.0449 e. The second-order valence-corrected chi connectivity index (χ2v) is 5.96. The number of aryl methyl sites for hydroxylation is 1. The Kier molecular flexibility index (Phi) is 5.03. The fourth-order valence-corrected chi connectivity index (χ4v) is 2.79. The maximum absolute atomic E-state index is 6.26. The summed E-state index contributed by atoms with van der Waals surface area (Å²) in [6, 6.07) is 14.4. The molecule has 0 amide bonds. The fraction of sp³-hybridized carbons (Fsp3) is 0.250. The molecule has 0 aliphatic rings. The second-order valence-electron chi connectivity index (χ2n) is 4.64. The molecule has 0 aromatic heterocycles. The quantitative estimate of drug-likeness (QED) is 0.842. The molecule has 0 spiro atoms. The minimum absolute atomic E-state index is 0.0235. The Bertz CT molecular complexity index is 551. The third kappa shape index (κ3) is 3.82. The van der Waals surface area contributed by atoms with Crippen molar-refractivity contribution in [2.45, 2.75) is 25.8 Å². The number of rotatable bonds is 4. The maximum atomic E-state index is 6.26. The van der Waals surface area contributed by atoms with Gasteiger partial charge in [0.2, 0.25) is 0 Å². The molecule has 2 aromatic carbocycles. The van der Waals surface area contributed by atoms with Crippen molar-refractivity contribution in [2.24, 2.45) is 5.73 Å². The van der Waals surface area contributed by atoms with Crippen LogP contribution in [0.1, 0.15) is 29.7 Å². The van der Waals surface area contributed by atoms with Gasteiger partial charge >= 0.3 is 0 Å². The van der Waals surface area contributed by atoms with Gasteiger partial charge in [-0.2, -0.15) is 0 Å². The van der Waals surface area contributed by atoms with E-state index in [-0.39, 0.29) is 6.04 Å². The highest BCUT2D eigenvalue weighted by Gasteiger charge is 2.09. The van der Waals surface area contributed by atoms with E-state index in [0.29, 0.717) is 0 Å². The van der Waals surface area contributed by atoms with Crippen LogP contribution in [-0.2, 0) is 12.8 Å². The lowest BCUT2D eigenvalue weighted by Gasteiger charge is -2.14. The van der Waals surface area contributed by atoms with Crippen LogP contribution in [0.5, 0.6) is 0 Å². The van der Waals surface area contributed by atoms with Crippen molar-refractivity contribution in [1.82, 2.24) is 0 Å². The van der Waals surface area contributed by atoms with Gasteiger partial charge in [0.1, 0.15) is 0 Å². The van der Waals surface area contributed by atoms with Gasteiger partial charge in [0.05, 0.1) is 0 Å². The molecule has 0 radical (unpaired) electrons. The third-order valence-electron chi connectivity index (χ3n) is 3.27. The van der Waals surface area contributed by atoms with Gasteiger partial charge in [-0.25, -0.2) is 0 Å². The van der Waals surface area contributed by atoms with Crippen molar-refractivity contribution in [3.05, 3.63) is 68.7 Å². The Morgan fingerprint density at radius 1 is 1.16 bits per heavy atom. The first-order valence-electron chi connectivity index (χ1n) is 6.38. The van der Waals surface area contributed by atoms with Crippen LogP contribution in [0.15, 0.2) is 46.9 Å². The normalized spacial score (nSPS) is 12.4. The smallest absolute Gasteiger partial charge is 0.0449 e. The first-order valence-corrected chi connectivity index (χ1v) is 7.55. The molecule has 0 saturated heterocycles. The van der Waals surface area contributed by atoms with Gasteiger partial charge in [-0.3, -0.25) is 0 Å². The summed E-state index contributed by atoms with van der Waals surface area (Å²) < 4.78 is 0.988. The second kappa shape index (κ2) is 6.56. The first kappa shape index (κ1) is 14.6. The summed E-state index contributed by atoms with van der Waals surface area (Å²) >= 11 is 9.63. The standard InChI is InChI=1S/C16H17BrClN/c1-2-11-3-5-12(6-4-11)16(19)9-13-7-8-14(17)10-15(13)18/h3-8,10,16H,2,9,19H2,1H3. The van der Waals surface area contributed by atoms with Crippen LogP contribution in [-0.4, -0.2) is 0 Å². The molecule has 2 aromatic rings. The van der Waals surface area contributed by atoms with E-state index in [9.17, 15) is 0 Å². The number of hydrogen-bond donors (Lipinski definition) is 1. The van der Waals surface area contributed by atoms with Crippen molar-refractivity contribution in [3.63, 3.8) is 0 Å². The number of benzene rings is 2. The van der Waals surface area contributed by atoms with Crippen LogP contribution >= 0.6 is 27.5 Å². The zero-order chi connectivity index (χ0) is 13.8. The van der Waals surface area contributed by atoms with E-state index in [0.717, 1.165) is 33.5 Å². The Balaban J connectivity index is 2.13. The highest BCUT2D eigenvalue weighted by molar-refractivity contribution is 9.10. The highest BCUT2D eigenvalue weighted by Crippen LogP contribution is 2.25. The molecule has 19 heavy (non-hydrogen) atoms. The number of halogens is 2. The van der Waals surface area contributed by atoms with Gasteiger partial charge in [-0.15, -0.1) is 0 Å². The van der Waals surface area contributed by atoms with E-state index in [1.54, 1.807) is 0 Å². The third-order valence-corrected chi connectivity index (χ3v) is 4.12. The van der Waals surface area contributed by atoms with Gasteiger partial charge in [0, 0.05) is 15.5 Å². The van der Waals surface area contributed by atoms with Crippen LogP contribution in [0.3, 0.4) is 0 Å². The lowest BCUT2D eigenvalue weighted by Crippen LogP contribution is -2.13. The number of nitrogens with two attached hydrogens (primary N) is 1. The molecule has 0 saturated carbocycles. The van der Waals surface area contributed by atoms with Gasteiger partial charge < -0.3 is 5.73 Å². The predicted molar refractivity (Wildman–Crippen MR) is 85.6 cm³/mol. The molecule has 0 fully saturated rings. The molecule has 2 rings (SSSR count). The summed E-state index contributed by atoms with van der Waals surface area (Å²) in [5.41, 5.74) is 9.82. The fourth-order valence-electron chi connectivity index (χ4n) is 2.04. The van der Waals surface area contributed by atoms with E-state index in [1.807, 2.05) is 18.2 Å². The summed E-state index contributed by atoms with van der Waals surface area (Å²) in [4.78, 5) is 0. The summed E-state index contributed by atoms with van der Waals surface area (Å²) in [6.45, 7) is 2.15. The van der Waals surface area contributed by atoms with E-state index in [4.69, 9.17) is 17.3 Å². The van der Waals surface area contributed by atoms with Crippen molar-refractivity contribution in [2.75, 3.05) is 0 Å². The van der Waals surface area contributed by atoms with Crippen molar-refractivity contribution in [1.29, 1.82) is 0 Å². The number of hydrogen-bond acceptors (Lipinski definition) is 1. The Labute approximate surface area is 127 Å². The van der Waals surface area contributed by atoms with Crippen molar-refractivity contribution in [3.8, 4) is 0 Å². The molecular weight excluding hydrogens is 322 g/mol. The highest BCUT2D eigenvalue weighted by atomic mass is 79.9. The average Bonchev–Trinajstić information content (AvgIpc) is 2.42. The molecule has 0 aliphatic carbocycles. The summed E-state index contributed by atoms with van der Waals surface area (Å²) in [5.74, 6) is 0. The summed E-state index contributed by atoms with van der Waals surface area (Å²) in [7, 11) is 0. The topological polar surface area (TPSA) is 26.0 Å². The van der Waals surface area contributed by atoms with E-state index < -0.39 is 0 Å². The molecule has 0 bridgehead atoms. The largest absolute Gasteiger partial charge is 0.324 e. The van der Waals surface area contributed by atoms with E-state index >= 15 is 0 Å². The molecule has 0 aliphatic heterocycles. The Hall–Kier alpha value is -0.830. The molecule has 2 N–H and O–H groups in total. The molecule has 100 valence electrons. The summed E-state index contributed by atoms with van der Waals surface area (Å²) in [5, 5.41) is 0.759. The zero-order valence-electron chi connectivity index (χ0n) is 10.9. The van der Waals surface area contributed by atoms with Crippen molar-refractivity contribution >= 4 is 27.5 Å². The minimum atomic E-state index is -0.0235. The zero-order valence-corrected chi connectivity index (χ0v) is 13.2. The van der Waals surface area contributed by atoms with Gasteiger partial charge in [-0.1, -0.05) is 64.8 Å². The first-order chi connectivity index (χ1) is 9.10. The minimum Gasteiger partial charge on any atom is -0.324 e. The van der Waals surface area contributed by atoms with E-state index in [1.165, 1.54) is 5.56 Å². The Morgan fingerprint density at radius 3 is 2.42 bits per heavy atom. The summed E-state index contributed by atoms with van der Waals surface area (Å²) in [6.07, 6.45) is 1.80. The molecule has 1 unspecified atom stereocenters. The van der Waals surface area contributed by atoms with Crippen LogP contribution < -0.4 is 5.73 Å². The molecule has 1 nitrogen and oxygen atoms in total.